The van der Waals surface area contributed by atoms with Gasteiger partial charge < -0.3 is 20.3 Å². The molecule has 1 amide bonds. The molecule has 7 nitrogen and oxygen atoms in total. The van der Waals surface area contributed by atoms with E-state index in [1.54, 1.807) is 6.07 Å². The predicted octanol–water partition coefficient (Wildman–Crippen LogP) is 3.44. The molecular weight excluding hydrogens is 414 g/mol. The lowest BCUT2D eigenvalue weighted by atomic mass is 10.00. The van der Waals surface area contributed by atoms with Crippen molar-refractivity contribution < 1.29 is 12.3 Å². The maximum atomic E-state index is 12.1. The Bertz CT molecular complexity index is 1010. The molecule has 176 valence electrons. The summed E-state index contributed by atoms with van der Waals surface area (Å²) in [5, 5.41) is 15.2. The van der Waals surface area contributed by atoms with Gasteiger partial charge in [-0.15, -0.1) is 10.2 Å². The summed E-state index contributed by atoms with van der Waals surface area (Å²) in [5.41, 5.74) is 2.21. The van der Waals surface area contributed by atoms with E-state index in [4.69, 9.17) is 7.48 Å². The number of amides is 1. The van der Waals surface area contributed by atoms with Crippen LogP contribution in [0.3, 0.4) is 0 Å². The first-order chi connectivity index (χ1) is 16.9. The van der Waals surface area contributed by atoms with E-state index in [0.29, 0.717) is 43.2 Å². The summed E-state index contributed by atoms with van der Waals surface area (Å²) in [6.07, 6.45) is 3.69. The van der Waals surface area contributed by atoms with Crippen LogP contribution < -0.4 is 10.6 Å². The van der Waals surface area contributed by atoms with Crippen LogP contribution in [0.2, 0.25) is 0 Å². The van der Waals surface area contributed by atoms with Crippen LogP contribution >= 0.6 is 0 Å². The third kappa shape index (κ3) is 5.36. The predicted molar refractivity (Wildman–Crippen MR) is 129 cm³/mol. The molecule has 3 fully saturated rings. The number of hydrogen-bond acceptors (Lipinski definition) is 6. The molecule has 0 bridgehead atoms. The smallest absolute Gasteiger partial charge is 0.251 e. The first-order valence-corrected chi connectivity index (χ1v) is 12.3. The number of carbonyl (C=O) groups is 1. The Hall–Kier alpha value is -2.51. The lowest BCUT2D eigenvalue weighted by Gasteiger charge is -2.27. The SMILES string of the molecule is [2H]C([2H])(C1CCOCC1)N1C[C@H]2CC(Nc3ccc(-c4cccc(C(=O)NCC)c4)nn3)C[C@H]2C1. The van der Waals surface area contributed by atoms with Crippen molar-refractivity contribution in [3.05, 3.63) is 42.0 Å². The van der Waals surface area contributed by atoms with Gasteiger partial charge in [-0.2, -0.15) is 0 Å². The standard InChI is InChI=1S/C26H35N5O2/c1-2-27-26(32)20-5-3-4-19(12-20)24-6-7-25(30-29-24)28-23-13-21-16-31(17-22(21)14-23)15-18-8-10-33-11-9-18/h3-7,12,18,21-23H,2,8-11,13-17H2,1H3,(H,27,32)(H,28,30)/t21-,22+,23?/i15D2. The van der Waals surface area contributed by atoms with Crippen molar-refractivity contribution in [3.8, 4) is 11.3 Å². The molecule has 33 heavy (non-hydrogen) atoms. The third-order valence-electron chi connectivity index (χ3n) is 7.11. The van der Waals surface area contributed by atoms with E-state index in [2.05, 4.69) is 25.7 Å². The molecule has 2 saturated heterocycles. The summed E-state index contributed by atoms with van der Waals surface area (Å²) < 4.78 is 23.0. The van der Waals surface area contributed by atoms with Gasteiger partial charge in [0.1, 0.15) is 5.82 Å². The van der Waals surface area contributed by atoms with Crippen molar-refractivity contribution in [2.24, 2.45) is 17.8 Å². The minimum absolute atomic E-state index is 0.0690. The van der Waals surface area contributed by atoms with Gasteiger partial charge in [-0.3, -0.25) is 4.79 Å². The highest BCUT2D eigenvalue weighted by atomic mass is 16.5. The summed E-state index contributed by atoms with van der Waals surface area (Å²) in [6.45, 7) is 4.27. The minimum Gasteiger partial charge on any atom is -0.381 e. The van der Waals surface area contributed by atoms with Crippen molar-refractivity contribution in [2.45, 2.75) is 38.6 Å². The second kappa shape index (κ2) is 10.2. The van der Waals surface area contributed by atoms with Crippen LogP contribution in [-0.4, -0.2) is 66.4 Å². The van der Waals surface area contributed by atoms with Crippen LogP contribution in [0.5, 0.6) is 0 Å². The summed E-state index contributed by atoms with van der Waals surface area (Å²) >= 11 is 0. The van der Waals surface area contributed by atoms with Gasteiger partial charge in [-0.1, -0.05) is 12.1 Å². The average molecular weight is 452 g/mol. The van der Waals surface area contributed by atoms with Crippen LogP contribution in [0.15, 0.2) is 36.4 Å². The first kappa shape index (κ1) is 19.9. The molecule has 0 radical (unpaired) electrons. The molecule has 2 aliphatic heterocycles. The van der Waals surface area contributed by atoms with Crippen LogP contribution in [-0.2, 0) is 4.74 Å². The van der Waals surface area contributed by atoms with E-state index in [1.165, 1.54) is 0 Å². The molecule has 1 aromatic heterocycles. The van der Waals surface area contributed by atoms with Crippen molar-refractivity contribution >= 4 is 11.7 Å². The van der Waals surface area contributed by atoms with Crippen molar-refractivity contribution in [2.75, 3.05) is 44.7 Å². The molecule has 2 N–H and O–H groups in total. The van der Waals surface area contributed by atoms with Gasteiger partial charge in [0.25, 0.3) is 5.91 Å². The quantitative estimate of drug-likeness (QED) is 0.671. The van der Waals surface area contributed by atoms with E-state index in [9.17, 15) is 4.79 Å². The summed E-state index contributed by atoms with van der Waals surface area (Å²) in [5.74, 6) is 1.78. The Balaban J connectivity index is 1.16. The molecule has 3 atom stereocenters. The zero-order chi connectivity index (χ0) is 24.4. The second-order valence-electron chi connectivity index (χ2n) is 9.50. The number of nitrogens with zero attached hydrogens (tertiary/aromatic N) is 3. The Morgan fingerprint density at radius 3 is 2.64 bits per heavy atom. The fraction of sp³-hybridized carbons (Fsp3) is 0.577. The highest BCUT2D eigenvalue weighted by molar-refractivity contribution is 5.95. The highest BCUT2D eigenvalue weighted by Crippen LogP contribution is 2.39. The van der Waals surface area contributed by atoms with Crippen LogP contribution in [0.25, 0.3) is 11.3 Å². The number of rotatable bonds is 7. The molecule has 5 rings (SSSR count). The number of nitrogens with one attached hydrogen (secondary N) is 2. The number of hydrogen-bond donors (Lipinski definition) is 2. The first-order valence-electron chi connectivity index (χ1n) is 13.3. The summed E-state index contributed by atoms with van der Waals surface area (Å²) in [4.78, 5) is 14.2. The van der Waals surface area contributed by atoms with Gasteiger partial charge in [-0.25, -0.2) is 0 Å². The molecule has 1 unspecified atom stereocenters. The lowest BCUT2D eigenvalue weighted by Crippen LogP contribution is -2.32. The van der Waals surface area contributed by atoms with E-state index in [0.717, 1.165) is 55.8 Å². The molecule has 3 aliphatic rings. The fourth-order valence-electron chi connectivity index (χ4n) is 5.46. The van der Waals surface area contributed by atoms with E-state index in [-0.39, 0.29) is 11.8 Å². The van der Waals surface area contributed by atoms with Gasteiger partial charge in [-0.05, 0) is 74.6 Å². The van der Waals surface area contributed by atoms with E-state index < -0.39 is 6.50 Å². The van der Waals surface area contributed by atoms with Crippen LogP contribution in [0.1, 0.15) is 45.7 Å². The number of carbonyl (C=O) groups excluding carboxylic acids is 1. The zero-order valence-corrected chi connectivity index (χ0v) is 19.3. The number of likely N-dealkylation sites (tertiary alicyclic amines) is 1. The van der Waals surface area contributed by atoms with Gasteiger partial charge in [0.15, 0.2) is 0 Å². The number of benzene rings is 1. The van der Waals surface area contributed by atoms with Crippen molar-refractivity contribution in [1.29, 1.82) is 0 Å². The molecule has 3 heterocycles. The van der Waals surface area contributed by atoms with Crippen LogP contribution in [0, 0.1) is 17.8 Å². The van der Waals surface area contributed by atoms with E-state index >= 15 is 0 Å². The molecule has 1 aliphatic carbocycles. The van der Waals surface area contributed by atoms with Crippen LogP contribution in [0.4, 0.5) is 5.82 Å². The number of anilines is 1. The number of aromatic nitrogens is 2. The molecule has 7 heteroatoms. The largest absolute Gasteiger partial charge is 0.381 e. The number of ether oxygens (including phenoxy) is 1. The van der Waals surface area contributed by atoms with Gasteiger partial charge in [0.2, 0.25) is 0 Å². The maximum Gasteiger partial charge on any atom is 0.251 e. The molecule has 2 aromatic rings. The second-order valence-corrected chi connectivity index (χ2v) is 9.50. The highest BCUT2D eigenvalue weighted by Gasteiger charge is 2.41. The maximum absolute atomic E-state index is 12.1. The lowest BCUT2D eigenvalue weighted by molar-refractivity contribution is 0.0545. The molecule has 1 aromatic carbocycles. The average Bonchev–Trinajstić information content (AvgIpc) is 3.45. The van der Waals surface area contributed by atoms with Crippen molar-refractivity contribution in [3.63, 3.8) is 0 Å². The minimum atomic E-state index is -1.24. The monoisotopic (exact) mass is 451 g/mol. The Kier molecular flexibility index (Phi) is 6.14. The van der Waals surface area contributed by atoms with Gasteiger partial charge in [0.05, 0.1) is 5.69 Å². The topological polar surface area (TPSA) is 79.4 Å². The number of fused-ring (bicyclic) bond motifs is 1. The van der Waals surface area contributed by atoms with Gasteiger partial charge in [0, 0.05) is 59.3 Å². The Morgan fingerprint density at radius 1 is 1.15 bits per heavy atom. The summed E-state index contributed by atoms with van der Waals surface area (Å²) in [6, 6.07) is 11.6. The van der Waals surface area contributed by atoms with E-state index in [1.807, 2.05) is 37.3 Å². The van der Waals surface area contributed by atoms with Crippen molar-refractivity contribution in [1.82, 2.24) is 20.4 Å². The zero-order valence-electron chi connectivity index (χ0n) is 21.3. The third-order valence-corrected chi connectivity index (χ3v) is 7.11. The Morgan fingerprint density at radius 2 is 1.94 bits per heavy atom. The van der Waals surface area contributed by atoms with Gasteiger partial charge >= 0.3 is 0 Å². The molecule has 1 saturated carbocycles. The fourth-order valence-corrected chi connectivity index (χ4v) is 5.46. The summed E-state index contributed by atoms with van der Waals surface area (Å²) in [7, 11) is 0. The normalized spacial score (nSPS) is 27.0. The Labute approximate surface area is 199 Å². The molecular formula is C26H35N5O2. The molecule has 0 spiro atoms.